The van der Waals surface area contributed by atoms with Crippen LogP contribution < -0.4 is 33.9 Å². The number of carbonyl (C=O) groups excluding carboxylic acids is 2. The van der Waals surface area contributed by atoms with Gasteiger partial charge in [-0.15, -0.1) is 0 Å². The van der Waals surface area contributed by atoms with Crippen molar-refractivity contribution in [2.24, 2.45) is 0 Å². The van der Waals surface area contributed by atoms with Crippen molar-refractivity contribution >= 4 is 17.5 Å². The van der Waals surface area contributed by atoms with Crippen LogP contribution in [0, 0.1) is 0 Å². The minimum absolute atomic E-state index is 0.0887. The van der Waals surface area contributed by atoms with Crippen LogP contribution in [0.25, 0.3) is 0 Å². The first-order valence-corrected chi connectivity index (χ1v) is 11.3. The van der Waals surface area contributed by atoms with Crippen LogP contribution >= 0.6 is 0 Å². The Kier molecular flexibility index (Phi) is 8.45. The number of nitrogens with zero attached hydrogens (tertiary/aromatic N) is 1. The van der Waals surface area contributed by atoms with E-state index < -0.39 is 0 Å². The number of carbonyl (C=O) groups is 2. The number of rotatable bonds is 11. The van der Waals surface area contributed by atoms with E-state index in [0.717, 1.165) is 0 Å². The van der Waals surface area contributed by atoms with E-state index in [4.69, 9.17) is 23.7 Å². The van der Waals surface area contributed by atoms with Gasteiger partial charge in [-0.2, -0.15) is 0 Å². The van der Waals surface area contributed by atoms with Crippen LogP contribution in [0.5, 0.6) is 28.7 Å². The molecule has 0 aliphatic carbocycles. The molecule has 0 radical (unpaired) electrons. The quantitative estimate of drug-likeness (QED) is 0.535. The Labute approximate surface area is 199 Å². The molecule has 184 valence electrons. The van der Waals surface area contributed by atoms with Crippen LogP contribution in [-0.4, -0.2) is 58.4 Å². The van der Waals surface area contributed by atoms with Gasteiger partial charge in [0.2, 0.25) is 11.7 Å². The van der Waals surface area contributed by atoms with Gasteiger partial charge in [-0.1, -0.05) is 0 Å². The van der Waals surface area contributed by atoms with Crippen LogP contribution in [0.15, 0.2) is 30.3 Å². The van der Waals surface area contributed by atoms with Crippen molar-refractivity contribution in [1.82, 2.24) is 5.32 Å². The van der Waals surface area contributed by atoms with Gasteiger partial charge < -0.3 is 33.9 Å². The van der Waals surface area contributed by atoms with Crippen LogP contribution in [0.3, 0.4) is 0 Å². The van der Waals surface area contributed by atoms with Crippen LogP contribution in [-0.2, 0) is 4.79 Å². The summed E-state index contributed by atoms with van der Waals surface area (Å²) < 4.78 is 27.7. The fourth-order valence-electron chi connectivity index (χ4n) is 3.84. The van der Waals surface area contributed by atoms with Gasteiger partial charge in [-0.3, -0.25) is 9.59 Å². The maximum atomic E-state index is 13.1. The van der Waals surface area contributed by atoms with Gasteiger partial charge >= 0.3 is 0 Å². The lowest BCUT2D eigenvalue weighted by molar-refractivity contribution is -0.117. The molecule has 1 aliphatic rings. The van der Waals surface area contributed by atoms with Gasteiger partial charge in [0.1, 0.15) is 0 Å². The van der Waals surface area contributed by atoms with E-state index in [0.29, 0.717) is 66.4 Å². The SMILES string of the molecule is CCOc1cc(C(=O)NC2CC(=O)N(c3ccc(OC)c(OC)c3)C2)cc(OCC)c1OCC. The normalized spacial score (nSPS) is 15.1. The van der Waals surface area contributed by atoms with Gasteiger partial charge in [-0.05, 0) is 45.0 Å². The van der Waals surface area contributed by atoms with Crippen molar-refractivity contribution in [3.8, 4) is 28.7 Å². The summed E-state index contributed by atoms with van der Waals surface area (Å²) in [5.74, 6) is 2.05. The van der Waals surface area contributed by atoms with E-state index in [1.807, 2.05) is 20.8 Å². The van der Waals surface area contributed by atoms with Gasteiger partial charge in [0.05, 0.1) is 40.1 Å². The van der Waals surface area contributed by atoms with E-state index in [1.54, 1.807) is 49.5 Å². The number of benzene rings is 2. The Balaban J connectivity index is 1.79. The highest BCUT2D eigenvalue weighted by atomic mass is 16.5. The molecule has 0 spiro atoms. The van der Waals surface area contributed by atoms with Gasteiger partial charge in [0.25, 0.3) is 5.91 Å². The largest absolute Gasteiger partial charge is 0.493 e. The van der Waals surface area contributed by atoms with E-state index in [2.05, 4.69) is 5.32 Å². The van der Waals surface area contributed by atoms with Gasteiger partial charge in [0.15, 0.2) is 23.0 Å². The molecule has 1 aliphatic heterocycles. The molecule has 1 atom stereocenters. The predicted molar refractivity (Wildman–Crippen MR) is 128 cm³/mol. The predicted octanol–water partition coefficient (Wildman–Crippen LogP) is 3.44. The summed E-state index contributed by atoms with van der Waals surface area (Å²) in [5, 5.41) is 2.96. The van der Waals surface area contributed by atoms with E-state index in [1.165, 1.54) is 0 Å². The molecule has 0 aromatic heterocycles. The highest BCUT2D eigenvalue weighted by Gasteiger charge is 2.32. The molecule has 9 heteroatoms. The highest BCUT2D eigenvalue weighted by molar-refractivity contribution is 5.99. The first-order chi connectivity index (χ1) is 16.4. The Morgan fingerprint density at radius 1 is 0.912 bits per heavy atom. The molecule has 2 amide bonds. The maximum absolute atomic E-state index is 13.1. The number of hydrogen-bond acceptors (Lipinski definition) is 7. The maximum Gasteiger partial charge on any atom is 0.251 e. The molecule has 1 fully saturated rings. The smallest absolute Gasteiger partial charge is 0.251 e. The third-order valence-corrected chi connectivity index (χ3v) is 5.31. The lowest BCUT2D eigenvalue weighted by Crippen LogP contribution is -2.37. The van der Waals surface area contributed by atoms with Crippen molar-refractivity contribution in [1.29, 1.82) is 0 Å². The molecule has 1 unspecified atom stereocenters. The van der Waals surface area contributed by atoms with E-state index >= 15 is 0 Å². The van der Waals surface area contributed by atoms with Crippen LogP contribution in [0.4, 0.5) is 5.69 Å². The van der Waals surface area contributed by atoms with Crippen molar-refractivity contribution in [2.75, 3.05) is 45.5 Å². The third-order valence-electron chi connectivity index (χ3n) is 5.31. The fourth-order valence-corrected chi connectivity index (χ4v) is 3.84. The zero-order valence-electron chi connectivity index (χ0n) is 20.3. The number of hydrogen-bond donors (Lipinski definition) is 1. The third kappa shape index (κ3) is 5.47. The fraction of sp³-hybridized carbons (Fsp3) is 0.440. The summed E-state index contributed by atoms with van der Waals surface area (Å²) in [5.41, 5.74) is 1.05. The molecule has 0 bridgehead atoms. The Morgan fingerprint density at radius 2 is 1.53 bits per heavy atom. The summed E-state index contributed by atoms with van der Waals surface area (Å²) in [6.07, 6.45) is 0.188. The lowest BCUT2D eigenvalue weighted by atomic mass is 10.1. The van der Waals surface area contributed by atoms with E-state index in [-0.39, 0.29) is 24.3 Å². The second-order valence-electron chi connectivity index (χ2n) is 7.52. The summed E-state index contributed by atoms with van der Waals surface area (Å²) in [4.78, 5) is 27.4. The summed E-state index contributed by atoms with van der Waals surface area (Å²) in [6.45, 7) is 7.18. The van der Waals surface area contributed by atoms with E-state index in [9.17, 15) is 9.59 Å². The second kappa shape index (κ2) is 11.5. The number of anilines is 1. The summed E-state index contributed by atoms with van der Waals surface area (Å²) in [7, 11) is 3.10. The molecule has 1 N–H and O–H groups in total. The zero-order valence-corrected chi connectivity index (χ0v) is 20.3. The van der Waals surface area contributed by atoms with Gasteiger partial charge in [-0.25, -0.2) is 0 Å². The number of nitrogens with one attached hydrogen (secondary N) is 1. The first-order valence-electron chi connectivity index (χ1n) is 11.3. The summed E-state index contributed by atoms with van der Waals surface area (Å²) in [6, 6.07) is 8.20. The molecule has 1 heterocycles. The highest BCUT2D eigenvalue weighted by Crippen LogP contribution is 2.39. The average Bonchev–Trinajstić information content (AvgIpc) is 3.20. The minimum Gasteiger partial charge on any atom is -0.493 e. The van der Waals surface area contributed by atoms with Crippen molar-refractivity contribution < 1.29 is 33.3 Å². The topological polar surface area (TPSA) is 95.6 Å². The molecule has 1 saturated heterocycles. The first kappa shape index (κ1) is 25.0. The zero-order chi connectivity index (χ0) is 24.7. The molecule has 3 rings (SSSR count). The standard InChI is InChI=1S/C25H32N2O7/c1-6-32-21-11-16(12-22(33-7-2)24(21)34-8-3)25(29)26-17-13-23(28)27(15-17)18-9-10-19(30-4)20(14-18)31-5/h9-12,14,17H,6-8,13,15H2,1-5H3,(H,26,29). The second-order valence-corrected chi connectivity index (χ2v) is 7.52. The van der Waals surface area contributed by atoms with Crippen LogP contribution in [0.1, 0.15) is 37.6 Å². The monoisotopic (exact) mass is 472 g/mol. The number of methoxy groups -OCH3 is 2. The van der Waals surface area contributed by atoms with Crippen molar-refractivity contribution in [3.63, 3.8) is 0 Å². The molecular weight excluding hydrogens is 440 g/mol. The summed E-state index contributed by atoms with van der Waals surface area (Å²) >= 11 is 0. The molecule has 9 nitrogen and oxygen atoms in total. The molecule has 2 aromatic carbocycles. The minimum atomic E-state index is -0.356. The molecule has 2 aromatic rings. The van der Waals surface area contributed by atoms with Crippen LogP contribution in [0.2, 0.25) is 0 Å². The average molecular weight is 473 g/mol. The molecular formula is C25H32N2O7. The Morgan fingerprint density at radius 3 is 2.09 bits per heavy atom. The number of ether oxygens (including phenoxy) is 5. The lowest BCUT2D eigenvalue weighted by Gasteiger charge is -2.20. The Bertz CT molecular complexity index is 997. The van der Waals surface area contributed by atoms with Crippen molar-refractivity contribution in [2.45, 2.75) is 33.2 Å². The number of amides is 2. The van der Waals surface area contributed by atoms with Gasteiger partial charge in [0, 0.05) is 30.3 Å². The molecule has 0 saturated carbocycles. The Hall–Kier alpha value is -3.62. The molecule has 34 heavy (non-hydrogen) atoms. The van der Waals surface area contributed by atoms with Crippen molar-refractivity contribution in [3.05, 3.63) is 35.9 Å².